The van der Waals surface area contributed by atoms with Crippen LogP contribution >= 0.6 is 15.9 Å². The lowest BCUT2D eigenvalue weighted by Crippen LogP contribution is -2.44. The third kappa shape index (κ3) is 2.76. The molecule has 2 rings (SSSR count). The van der Waals surface area contributed by atoms with Crippen molar-refractivity contribution < 1.29 is 18.3 Å². The molecule has 0 aliphatic carbocycles. The van der Waals surface area contributed by atoms with Crippen LogP contribution in [0.3, 0.4) is 0 Å². The molecule has 0 aromatic heterocycles. The molecule has 104 valence electrons. The second-order valence-electron chi connectivity index (χ2n) is 4.55. The van der Waals surface area contributed by atoms with Gasteiger partial charge in [0, 0.05) is 17.1 Å². The van der Waals surface area contributed by atoms with E-state index in [1.54, 1.807) is 25.1 Å². The van der Waals surface area contributed by atoms with Gasteiger partial charge in [-0.25, -0.2) is 8.42 Å². The average Bonchev–Trinajstić information content (AvgIpc) is 2.28. The first-order valence-corrected chi connectivity index (χ1v) is 8.27. The van der Waals surface area contributed by atoms with Crippen LogP contribution < -0.4 is 4.90 Å². The Balaban J connectivity index is 2.50. The van der Waals surface area contributed by atoms with Crippen LogP contribution in [0.5, 0.6) is 0 Å². The van der Waals surface area contributed by atoms with E-state index in [0.717, 1.165) is 0 Å². The molecular weight excluding hydrogens is 334 g/mol. The van der Waals surface area contributed by atoms with E-state index in [4.69, 9.17) is 5.11 Å². The third-order valence-electron chi connectivity index (χ3n) is 3.13. The number of aliphatic carboxylic acids is 1. The monoisotopic (exact) mass is 347 g/mol. The summed E-state index contributed by atoms with van der Waals surface area (Å²) >= 11 is 3.36. The highest BCUT2D eigenvalue weighted by Gasteiger charge is 2.34. The van der Waals surface area contributed by atoms with Gasteiger partial charge in [0.05, 0.1) is 22.8 Å². The van der Waals surface area contributed by atoms with Crippen LogP contribution in [0, 0.1) is 0 Å². The highest BCUT2D eigenvalue weighted by molar-refractivity contribution is 9.10. The Bertz CT molecular complexity index is 614. The molecule has 19 heavy (non-hydrogen) atoms. The number of anilines is 1. The average molecular weight is 348 g/mol. The van der Waals surface area contributed by atoms with Crippen molar-refractivity contribution in [1.82, 2.24) is 0 Å². The fourth-order valence-corrected chi connectivity index (χ4v) is 4.82. The Labute approximate surface area is 120 Å². The number of carboxylic acid groups (broad SMARTS) is 1. The second-order valence-corrected chi connectivity index (χ2v) is 7.41. The zero-order chi connectivity index (χ0) is 14.2. The summed E-state index contributed by atoms with van der Waals surface area (Å²) in [6, 6.07) is 4.76. The van der Waals surface area contributed by atoms with Crippen LogP contribution in [0.1, 0.15) is 13.3 Å². The Morgan fingerprint density at radius 3 is 2.84 bits per heavy atom. The lowest BCUT2D eigenvalue weighted by molar-refractivity contribution is -0.136. The minimum atomic E-state index is -3.30. The van der Waals surface area contributed by atoms with Gasteiger partial charge in [0.2, 0.25) is 0 Å². The molecule has 0 saturated heterocycles. The van der Waals surface area contributed by atoms with Gasteiger partial charge in [-0.1, -0.05) is 6.07 Å². The maximum atomic E-state index is 12.2. The first kappa shape index (κ1) is 14.3. The molecule has 0 saturated carbocycles. The number of para-hydroxylation sites is 1. The van der Waals surface area contributed by atoms with E-state index in [1.165, 1.54) is 0 Å². The van der Waals surface area contributed by atoms with E-state index in [-0.39, 0.29) is 23.1 Å². The number of carbonyl (C=O) groups is 1. The lowest BCUT2D eigenvalue weighted by atomic mass is 10.2. The first-order valence-electron chi connectivity index (χ1n) is 5.82. The Kier molecular flexibility index (Phi) is 3.87. The molecule has 7 heteroatoms. The van der Waals surface area contributed by atoms with Crippen LogP contribution in [0.4, 0.5) is 5.69 Å². The summed E-state index contributed by atoms with van der Waals surface area (Å²) in [5, 5.41) is 8.79. The Morgan fingerprint density at radius 1 is 1.53 bits per heavy atom. The number of hydrogen-bond acceptors (Lipinski definition) is 4. The van der Waals surface area contributed by atoms with Gasteiger partial charge < -0.3 is 10.0 Å². The van der Waals surface area contributed by atoms with Crippen LogP contribution in [0.15, 0.2) is 27.6 Å². The van der Waals surface area contributed by atoms with Crippen molar-refractivity contribution in [2.24, 2.45) is 0 Å². The quantitative estimate of drug-likeness (QED) is 0.903. The number of nitrogens with zero attached hydrogens (tertiary/aromatic N) is 1. The van der Waals surface area contributed by atoms with Crippen molar-refractivity contribution in [3.05, 3.63) is 22.7 Å². The largest absolute Gasteiger partial charge is 0.481 e. The normalized spacial score (nSPS) is 20.9. The molecule has 0 bridgehead atoms. The van der Waals surface area contributed by atoms with Gasteiger partial charge in [0.15, 0.2) is 9.84 Å². The van der Waals surface area contributed by atoms with Crippen molar-refractivity contribution in [2.75, 3.05) is 17.2 Å². The number of hydrogen-bond donors (Lipinski definition) is 1. The number of sulfone groups is 1. The molecule has 1 aliphatic rings. The molecule has 0 amide bonds. The summed E-state index contributed by atoms with van der Waals surface area (Å²) in [6.07, 6.45) is -0.0227. The van der Waals surface area contributed by atoms with E-state index in [0.29, 0.717) is 16.7 Å². The molecule has 0 fully saturated rings. The molecule has 1 aliphatic heterocycles. The lowest BCUT2D eigenvalue weighted by Gasteiger charge is -2.37. The maximum Gasteiger partial charge on any atom is 0.305 e. The van der Waals surface area contributed by atoms with Crippen molar-refractivity contribution >= 4 is 37.4 Å². The van der Waals surface area contributed by atoms with Crippen LogP contribution in [-0.4, -0.2) is 37.8 Å². The summed E-state index contributed by atoms with van der Waals surface area (Å²) in [6.45, 7) is 2.09. The summed E-state index contributed by atoms with van der Waals surface area (Å²) < 4.78 is 25.0. The van der Waals surface area contributed by atoms with Crippen molar-refractivity contribution in [3.8, 4) is 0 Å². The van der Waals surface area contributed by atoms with Gasteiger partial charge >= 0.3 is 5.97 Å². The minimum absolute atomic E-state index is 0.00999. The molecule has 1 N–H and O–H groups in total. The summed E-state index contributed by atoms with van der Waals surface area (Å²) in [4.78, 5) is 12.8. The summed E-state index contributed by atoms with van der Waals surface area (Å²) in [5.41, 5.74) is 0.572. The minimum Gasteiger partial charge on any atom is -0.481 e. The number of carboxylic acids is 1. The number of halogens is 1. The van der Waals surface area contributed by atoms with E-state index >= 15 is 0 Å². The van der Waals surface area contributed by atoms with Gasteiger partial charge in [-0.15, -0.1) is 0 Å². The molecule has 0 radical (unpaired) electrons. The van der Waals surface area contributed by atoms with Gasteiger partial charge in [-0.2, -0.15) is 0 Å². The Morgan fingerprint density at radius 2 is 2.21 bits per heavy atom. The van der Waals surface area contributed by atoms with Gasteiger partial charge in [0.1, 0.15) is 0 Å². The second kappa shape index (κ2) is 5.13. The maximum absolute atomic E-state index is 12.2. The summed E-state index contributed by atoms with van der Waals surface area (Å²) in [7, 11) is -3.30. The van der Waals surface area contributed by atoms with Gasteiger partial charge in [-0.05, 0) is 35.0 Å². The number of fused-ring (bicyclic) bond motifs is 1. The molecule has 1 atom stereocenters. The van der Waals surface area contributed by atoms with E-state index in [9.17, 15) is 13.2 Å². The fraction of sp³-hybridized carbons (Fsp3) is 0.417. The molecule has 0 spiro atoms. The first-order chi connectivity index (χ1) is 8.83. The van der Waals surface area contributed by atoms with Crippen LogP contribution in [0.2, 0.25) is 0 Å². The molecule has 5 nitrogen and oxygen atoms in total. The van der Waals surface area contributed by atoms with Crippen molar-refractivity contribution in [3.63, 3.8) is 0 Å². The smallest absolute Gasteiger partial charge is 0.305 e. The predicted octanol–water partition coefficient (Wildman–Crippen LogP) is 1.91. The molecule has 1 heterocycles. The Hall–Kier alpha value is -1.08. The van der Waals surface area contributed by atoms with Crippen molar-refractivity contribution in [1.29, 1.82) is 0 Å². The fourth-order valence-electron chi connectivity index (χ4n) is 2.29. The molecule has 1 aromatic rings. The van der Waals surface area contributed by atoms with Gasteiger partial charge in [-0.3, -0.25) is 4.79 Å². The summed E-state index contributed by atoms with van der Waals surface area (Å²) in [5.74, 6) is -0.884. The SMILES string of the molecule is CC1CS(=O)(=O)c2cccc(Br)c2N1CCC(=O)O. The van der Waals surface area contributed by atoms with Gasteiger partial charge in [0.25, 0.3) is 0 Å². The zero-order valence-corrected chi connectivity index (χ0v) is 12.7. The standard InChI is InChI=1S/C12H14BrNO4S/c1-8-7-19(17,18)10-4-2-3-9(13)12(10)14(8)6-5-11(15)16/h2-4,8H,5-7H2,1H3,(H,15,16). The highest BCUT2D eigenvalue weighted by Crippen LogP contribution is 2.38. The third-order valence-corrected chi connectivity index (χ3v) is 5.69. The van der Waals surface area contributed by atoms with Crippen molar-refractivity contribution in [2.45, 2.75) is 24.3 Å². The zero-order valence-electron chi connectivity index (χ0n) is 10.3. The number of rotatable bonds is 3. The topological polar surface area (TPSA) is 74.7 Å². The molecular formula is C12H14BrNO4S. The van der Waals surface area contributed by atoms with E-state index in [1.807, 2.05) is 4.90 Å². The molecule has 1 aromatic carbocycles. The van der Waals surface area contributed by atoms with E-state index < -0.39 is 15.8 Å². The van der Waals surface area contributed by atoms with Crippen LogP contribution in [-0.2, 0) is 14.6 Å². The highest BCUT2D eigenvalue weighted by atomic mass is 79.9. The van der Waals surface area contributed by atoms with Crippen LogP contribution in [0.25, 0.3) is 0 Å². The van der Waals surface area contributed by atoms with E-state index in [2.05, 4.69) is 15.9 Å². The predicted molar refractivity (Wildman–Crippen MR) is 75.3 cm³/mol. The molecule has 1 unspecified atom stereocenters. The number of benzene rings is 1.